The molecule has 1 aliphatic rings. The number of halogens is 4. The van der Waals surface area contributed by atoms with Crippen LogP contribution in [0, 0.1) is 0 Å². The highest BCUT2D eigenvalue weighted by molar-refractivity contribution is 6.31. The average Bonchev–Trinajstić information content (AvgIpc) is 2.46. The fourth-order valence-electron chi connectivity index (χ4n) is 2.65. The molecule has 1 aromatic heterocycles. The van der Waals surface area contributed by atoms with Crippen molar-refractivity contribution in [3.8, 4) is 0 Å². The zero-order valence-corrected chi connectivity index (χ0v) is 12.8. The number of rotatable bonds is 2. The molecular formula is C15H15ClF3N3O. The molecule has 1 fully saturated rings. The van der Waals surface area contributed by atoms with Crippen LogP contribution >= 0.6 is 11.6 Å². The molecule has 1 aliphatic heterocycles. The van der Waals surface area contributed by atoms with E-state index in [9.17, 15) is 13.2 Å². The molecular weight excluding hydrogens is 331 g/mol. The van der Waals surface area contributed by atoms with E-state index in [0.29, 0.717) is 35.7 Å². The Morgan fingerprint density at radius 1 is 1.26 bits per heavy atom. The zero-order valence-electron chi connectivity index (χ0n) is 12.0. The minimum Gasteiger partial charge on any atom is -0.379 e. The van der Waals surface area contributed by atoms with Crippen molar-refractivity contribution in [2.24, 2.45) is 5.73 Å². The molecule has 0 aliphatic carbocycles. The van der Waals surface area contributed by atoms with Crippen LogP contribution in [0.4, 0.5) is 18.9 Å². The van der Waals surface area contributed by atoms with Crippen LogP contribution in [-0.2, 0) is 10.9 Å². The molecule has 2 atom stereocenters. The van der Waals surface area contributed by atoms with Crippen LogP contribution in [0.15, 0.2) is 24.3 Å². The second-order valence-electron chi connectivity index (χ2n) is 5.59. The third-order valence-corrected chi connectivity index (χ3v) is 3.89. The Hall–Kier alpha value is -1.57. The van der Waals surface area contributed by atoms with E-state index in [1.54, 1.807) is 6.07 Å². The molecule has 4 nitrogen and oxygen atoms in total. The van der Waals surface area contributed by atoms with Gasteiger partial charge in [-0.2, -0.15) is 13.2 Å². The zero-order chi connectivity index (χ0) is 16.6. The van der Waals surface area contributed by atoms with Crippen LogP contribution < -0.4 is 11.1 Å². The lowest BCUT2D eigenvalue weighted by Gasteiger charge is -2.29. The summed E-state index contributed by atoms with van der Waals surface area (Å²) >= 11 is 5.96. The second kappa shape index (κ2) is 6.14. The second-order valence-corrected chi connectivity index (χ2v) is 6.03. The fourth-order valence-corrected chi connectivity index (χ4v) is 2.82. The summed E-state index contributed by atoms with van der Waals surface area (Å²) in [7, 11) is 0. The molecule has 1 saturated heterocycles. The first-order valence-electron chi connectivity index (χ1n) is 7.10. The number of pyridine rings is 1. The molecule has 0 spiro atoms. The number of nitrogens with zero attached hydrogens (tertiary/aromatic N) is 1. The summed E-state index contributed by atoms with van der Waals surface area (Å²) in [6, 6.07) is 5.28. The molecule has 2 unspecified atom stereocenters. The summed E-state index contributed by atoms with van der Waals surface area (Å²) in [4.78, 5) is 3.68. The molecule has 23 heavy (non-hydrogen) atoms. The highest BCUT2D eigenvalue weighted by Crippen LogP contribution is 2.34. The molecule has 3 rings (SSSR count). The van der Waals surface area contributed by atoms with Crippen LogP contribution in [0.3, 0.4) is 0 Å². The van der Waals surface area contributed by atoms with E-state index in [1.165, 1.54) is 12.1 Å². The van der Waals surface area contributed by atoms with Gasteiger partial charge in [0.05, 0.1) is 24.8 Å². The molecule has 2 heterocycles. The molecule has 124 valence electrons. The molecule has 0 saturated carbocycles. The summed E-state index contributed by atoms with van der Waals surface area (Å²) in [5.74, 6) is 0. The lowest BCUT2D eigenvalue weighted by Crippen LogP contribution is -2.42. The number of benzene rings is 1. The summed E-state index contributed by atoms with van der Waals surface area (Å²) in [6.45, 7) is 0.842. The number of hydrogen-bond donors (Lipinski definition) is 2. The maximum atomic E-state index is 13.1. The lowest BCUT2D eigenvalue weighted by molar-refractivity contribution is -0.140. The van der Waals surface area contributed by atoms with Gasteiger partial charge in [-0.1, -0.05) is 11.6 Å². The number of ether oxygens (including phenoxy) is 1. The van der Waals surface area contributed by atoms with Crippen molar-refractivity contribution in [1.29, 1.82) is 0 Å². The van der Waals surface area contributed by atoms with Gasteiger partial charge >= 0.3 is 6.18 Å². The van der Waals surface area contributed by atoms with Crippen LogP contribution in [0.5, 0.6) is 0 Å². The first kappa shape index (κ1) is 16.3. The van der Waals surface area contributed by atoms with Crippen LogP contribution in [0.1, 0.15) is 12.1 Å². The summed E-state index contributed by atoms with van der Waals surface area (Å²) in [5.41, 5.74) is 5.44. The number of anilines is 1. The number of aromatic nitrogens is 1. The normalized spacial score (nSPS) is 22.3. The lowest BCUT2D eigenvalue weighted by atomic mass is 10.1. The van der Waals surface area contributed by atoms with Crippen molar-refractivity contribution >= 4 is 28.2 Å². The Kier molecular flexibility index (Phi) is 4.35. The quantitative estimate of drug-likeness (QED) is 0.875. The van der Waals surface area contributed by atoms with Gasteiger partial charge in [0, 0.05) is 22.1 Å². The predicted molar refractivity (Wildman–Crippen MR) is 82.6 cm³/mol. The number of nitrogens with two attached hydrogens (primary N) is 1. The maximum Gasteiger partial charge on any atom is 0.433 e. The van der Waals surface area contributed by atoms with E-state index >= 15 is 0 Å². The first-order valence-corrected chi connectivity index (χ1v) is 7.48. The van der Waals surface area contributed by atoms with E-state index in [0.717, 1.165) is 6.07 Å². The Balaban J connectivity index is 2.03. The van der Waals surface area contributed by atoms with E-state index in [2.05, 4.69) is 10.3 Å². The van der Waals surface area contributed by atoms with E-state index in [1.807, 2.05) is 0 Å². The maximum absolute atomic E-state index is 13.1. The molecule has 0 bridgehead atoms. The summed E-state index contributed by atoms with van der Waals surface area (Å²) < 4.78 is 44.5. The van der Waals surface area contributed by atoms with E-state index < -0.39 is 11.9 Å². The Morgan fingerprint density at radius 3 is 2.74 bits per heavy atom. The van der Waals surface area contributed by atoms with Crippen molar-refractivity contribution in [2.75, 3.05) is 18.5 Å². The first-order chi connectivity index (χ1) is 10.8. The monoisotopic (exact) mass is 345 g/mol. The van der Waals surface area contributed by atoms with Crippen LogP contribution in [0.25, 0.3) is 10.9 Å². The minimum absolute atomic E-state index is 0.139. The largest absolute Gasteiger partial charge is 0.433 e. The molecule has 2 aromatic rings. The molecule has 0 amide bonds. The van der Waals surface area contributed by atoms with Gasteiger partial charge in [0.25, 0.3) is 0 Å². The molecule has 8 heteroatoms. The van der Waals surface area contributed by atoms with Gasteiger partial charge in [0.15, 0.2) is 0 Å². The van der Waals surface area contributed by atoms with Gasteiger partial charge in [0.2, 0.25) is 0 Å². The van der Waals surface area contributed by atoms with Crippen LogP contribution in [-0.4, -0.2) is 30.3 Å². The topological polar surface area (TPSA) is 60.2 Å². The van der Waals surface area contributed by atoms with Gasteiger partial charge in [-0.05, 0) is 30.7 Å². The smallest absolute Gasteiger partial charge is 0.379 e. The molecule has 1 aromatic carbocycles. The van der Waals surface area contributed by atoms with Crippen LogP contribution in [0.2, 0.25) is 5.02 Å². The van der Waals surface area contributed by atoms with Gasteiger partial charge < -0.3 is 15.8 Å². The Bertz CT molecular complexity index is 723. The summed E-state index contributed by atoms with van der Waals surface area (Å²) in [5, 5.41) is 4.05. The molecule has 0 radical (unpaired) electrons. The highest BCUT2D eigenvalue weighted by atomic mass is 35.5. The third-order valence-electron chi connectivity index (χ3n) is 3.66. The van der Waals surface area contributed by atoms with Crippen molar-refractivity contribution in [1.82, 2.24) is 4.98 Å². The predicted octanol–water partition coefficient (Wildman–Crippen LogP) is 3.44. The van der Waals surface area contributed by atoms with Gasteiger partial charge in [0.1, 0.15) is 5.69 Å². The minimum atomic E-state index is -4.52. The van der Waals surface area contributed by atoms with Crippen molar-refractivity contribution in [3.63, 3.8) is 0 Å². The standard InChI is InChI=1S/C15H15ClF3N3O/c16-8-1-2-12-11(3-8)13(5-14(22-12)15(17,18)19)21-10-4-9(20)6-23-7-10/h1-3,5,9-10H,4,6-7,20H2,(H,21,22). The van der Waals surface area contributed by atoms with Crippen molar-refractivity contribution in [2.45, 2.75) is 24.7 Å². The number of fused-ring (bicyclic) bond motifs is 1. The molecule has 3 N–H and O–H groups in total. The Morgan fingerprint density at radius 2 is 2.04 bits per heavy atom. The van der Waals surface area contributed by atoms with Gasteiger partial charge in [-0.15, -0.1) is 0 Å². The number of hydrogen-bond acceptors (Lipinski definition) is 4. The number of alkyl halides is 3. The van der Waals surface area contributed by atoms with E-state index in [-0.39, 0.29) is 17.6 Å². The summed E-state index contributed by atoms with van der Waals surface area (Å²) in [6.07, 6.45) is -3.91. The fraction of sp³-hybridized carbons (Fsp3) is 0.400. The van der Waals surface area contributed by atoms with Gasteiger partial charge in [-0.3, -0.25) is 0 Å². The highest BCUT2D eigenvalue weighted by Gasteiger charge is 2.33. The van der Waals surface area contributed by atoms with Crippen molar-refractivity contribution in [3.05, 3.63) is 35.0 Å². The van der Waals surface area contributed by atoms with E-state index in [4.69, 9.17) is 22.1 Å². The van der Waals surface area contributed by atoms with Gasteiger partial charge in [-0.25, -0.2) is 4.98 Å². The third kappa shape index (κ3) is 3.68. The Labute approximate surface area is 135 Å². The van der Waals surface area contributed by atoms with Crippen molar-refractivity contribution < 1.29 is 17.9 Å². The SMILES string of the molecule is NC1COCC(Nc2cc(C(F)(F)F)nc3ccc(Cl)cc23)C1. The number of nitrogens with one attached hydrogen (secondary N) is 1. The average molecular weight is 346 g/mol.